The van der Waals surface area contributed by atoms with Gasteiger partial charge in [0.1, 0.15) is 5.69 Å². The first-order chi connectivity index (χ1) is 6.16. The molecule has 1 atom stereocenters. The summed E-state index contributed by atoms with van der Waals surface area (Å²) < 4.78 is 0. The summed E-state index contributed by atoms with van der Waals surface area (Å²) in [5.74, 6) is 0.195. The lowest BCUT2D eigenvalue weighted by Crippen LogP contribution is -2.29. The van der Waals surface area contributed by atoms with E-state index in [1.54, 1.807) is 0 Å². The molecule has 4 N–H and O–H groups in total. The molecule has 70 valence electrons. The zero-order valence-electron chi connectivity index (χ0n) is 7.42. The minimum absolute atomic E-state index is 0.172. The summed E-state index contributed by atoms with van der Waals surface area (Å²) in [5, 5.41) is 3.09. The fraction of sp³-hybridized carbons (Fsp3) is 0.500. The molecule has 13 heavy (non-hydrogen) atoms. The number of nitrogens with two attached hydrogens (primary N) is 1. The Labute approximate surface area is 75.4 Å². The minimum Gasteiger partial charge on any atom is -0.377 e. The van der Waals surface area contributed by atoms with Crippen LogP contribution in [0.2, 0.25) is 0 Å². The molecule has 1 unspecified atom stereocenters. The number of rotatable bonds is 0. The lowest BCUT2D eigenvalue weighted by Gasteiger charge is -2.22. The van der Waals surface area contributed by atoms with Crippen LogP contribution in [0.4, 0.5) is 11.6 Å². The molecule has 0 spiro atoms. The van der Waals surface area contributed by atoms with Gasteiger partial charge in [0.15, 0.2) is 0 Å². The topological polar surface area (TPSA) is 83.8 Å². The van der Waals surface area contributed by atoms with Gasteiger partial charge in [-0.05, 0) is 19.8 Å². The number of aromatic nitrogens is 2. The van der Waals surface area contributed by atoms with Crippen LogP contribution in [0.5, 0.6) is 0 Å². The summed E-state index contributed by atoms with van der Waals surface area (Å²) in [6, 6.07) is 0.332. The summed E-state index contributed by atoms with van der Waals surface area (Å²) >= 11 is 0. The van der Waals surface area contributed by atoms with Gasteiger partial charge < -0.3 is 11.1 Å². The predicted octanol–water partition coefficient (Wildman–Crippen LogP) is 0.0987. The molecule has 1 aliphatic rings. The monoisotopic (exact) mass is 180 g/mol. The number of nitrogen functional groups attached to an aromatic ring is 1. The summed E-state index contributed by atoms with van der Waals surface area (Å²) in [5.41, 5.74) is 6.60. The van der Waals surface area contributed by atoms with Crippen LogP contribution in [-0.2, 0) is 6.42 Å². The summed E-state index contributed by atoms with van der Waals surface area (Å²) in [4.78, 5) is 17.9. The molecule has 0 amide bonds. The normalized spacial score (nSPS) is 20.5. The average molecular weight is 180 g/mol. The maximum Gasteiger partial charge on any atom is 0.275 e. The Morgan fingerprint density at radius 2 is 2.38 bits per heavy atom. The largest absolute Gasteiger partial charge is 0.377 e. The van der Waals surface area contributed by atoms with Crippen molar-refractivity contribution in [3.8, 4) is 0 Å². The van der Waals surface area contributed by atoms with E-state index in [1.165, 1.54) is 0 Å². The molecular weight excluding hydrogens is 168 g/mol. The molecule has 2 rings (SSSR count). The molecule has 0 bridgehead atoms. The number of nitrogens with zero attached hydrogens (tertiary/aromatic N) is 1. The number of anilines is 2. The van der Waals surface area contributed by atoms with Gasteiger partial charge in [-0.2, -0.15) is 0 Å². The smallest absolute Gasteiger partial charge is 0.275 e. The lowest BCUT2D eigenvalue weighted by atomic mass is 10.1. The number of fused-ring (bicyclic) bond motifs is 1. The van der Waals surface area contributed by atoms with E-state index in [9.17, 15) is 4.79 Å². The Morgan fingerprint density at radius 3 is 3.15 bits per heavy atom. The number of aromatic amines is 1. The molecule has 0 fully saturated rings. The molecule has 1 aliphatic heterocycles. The number of hydrogen-bond acceptors (Lipinski definition) is 4. The zero-order valence-corrected chi connectivity index (χ0v) is 7.42. The first kappa shape index (κ1) is 8.10. The van der Waals surface area contributed by atoms with E-state index >= 15 is 0 Å². The number of aryl methyl sites for hydroxylation is 1. The third kappa shape index (κ3) is 1.37. The summed E-state index contributed by atoms with van der Waals surface area (Å²) in [6.45, 7) is 2.04. The van der Waals surface area contributed by atoms with Crippen LogP contribution in [0.15, 0.2) is 4.79 Å². The van der Waals surface area contributed by atoms with Crippen molar-refractivity contribution in [3.63, 3.8) is 0 Å². The molecule has 1 aromatic heterocycles. The van der Waals surface area contributed by atoms with Gasteiger partial charge in [0.2, 0.25) is 5.95 Å². The highest BCUT2D eigenvalue weighted by molar-refractivity contribution is 5.50. The van der Waals surface area contributed by atoms with Gasteiger partial charge >= 0.3 is 0 Å². The molecular formula is C8H12N4O. The quantitative estimate of drug-likeness (QED) is 0.528. The Balaban J connectivity index is 2.53. The second-order valence-electron chi connectivity index (χ2n) is 3.36. The van der Waals surface area contributed by atoms with Crippen LogP contribution in [0.25, 0.3) is 0 Å². The van der Waals surface area contributed by atoms with E-state index in [4.69, 9.17) is 5.73 Å². The van der Waals surface area contributed by atoms with Crippen molar-refractivity contribution in [3.05, 3.63) is 16.0 Å². The molecule has 0 radical (unpaired) electrons. The van der Waals surface area contributed by atoms with Crippen LogP contribution in [-0.4, -0.2) is 16.0 Å². The average Bonchev–Trinajstić information content (AvgIpc) is 2.06. The van der Waals surface area contributed by atoms with Crippen molar-refractivity contribution >= 4 is 11.6 Å². The van der Waals surface area contributed by atoms with Crippen LogP contribution in [0.3, 0.4) is 0 Å². The van der Waals surface area contributed by atoms with Crippen molar-refractivity contribution in [2.75, 3.05) is 11.1 Å². The van der Waals surface area contributed by atoms with Gasteiger partial charge in [-0.3, -0.25) is 9.78 Å². The Kier molecular flexibility index (Phi) is 1.72. The summed E-state index contributed by atoms with van der Waals surface area (Å²) in [7, 11) is 0. The second kappa shape index (κ2) is 2.76. The highest BCUT2D eigenvalue weighted by Gasteiger charge is 2.18. The van der Waals surface area contributed by atoms with Crippen LogP contribution in [0, 0.1) is 0 Å². The lowest BCUT2D eigenvalue weighted by molar-refractivity contribution is 0.663. The van der Waals surface area contributed by atoms with Gasteiger partial charge in [-0.15, -0.1) is 0 Å². The SMILES string of the molecule is CC1CCc2nc(N)[nH]c(=O)c2N1. The standard InChI is InChI=1S/C8H12N4O/c1-4-2-3-5-6(10-4)7(13)12-8(9)11-5/h4,10H,2-3H2,1H3,(H3,9,11,12,13). The highest BCUT2D eigenvalue weighted by atomic mass is 16.1. The van der Waals surface area contributed by atoms with Crippen LogP contribution < -0.4 is 16.6 Å². The molecule has 0 aliphatic carbocycles. The van der Waals surface area contributed by atoms with E-state index in [2.05, 4.69) is 15.3 Å². The highest BCUT2D eigenvalue weighted by Crippen LogP contribution is 2.18. The molecule has 5 heteroatoms. The third-order valence-electron chi connectivity index (χ3n) is 2.22. The predicted molar refractivity (Wildman–Crippen MR) is 50.7 cm³/mol. The molecule has 0 saturated carbocycles. The summed E-state index contributed by atoms with van der Waals surface area (Å²) in [6.07, 6.45) is 1.81. The Bertz CT molecular complexity index is 384. The van der Waals surface area contributed by atoms with Crippen molar-refractivity contribution in [1.29, 1.82) is 0 Å². The minimum atomic E-state index is -0.172. The molecule has 0 aromatic carbocycles. The van der Waals surface area contributed by atoms with E-state index < -0.39 is 0 Å². The van der Waals surface area contributed by atoms with E-state index in [0.717, 1.165) is 18.5 Å². The maximum atomic E-state index is 11.4. The fourth-order valence-corrected chi connectivity index (χ4v) is 1.54. The van der Waals surface area contributed by atoms with Crippen molar-refractivity contribution < 1.29 is 0 Å². The van der Waals surface area contributed by atoms with Crippen molar-refractivity contribution in [1.82, 2.24) is 9.97 Å². The first-order valence-electron chi connectivity index (χ1n) is 4.32. The Hall–Kier alpha value is -1.52. The second-order valence-corrected chi connectivity index (χ2v) is 3.36. The van der Waals surface area contributed by atoms with Gasteiger partial charge in [0.25, 0.3) is 5.56 Å². The molecule has 1 aromatic rings. The molecule has 2 heterocycles. The third-order valence-corrected chi connectivity index (χ3v) is 2.22. The van der Waals surface area contributed by atoms with Gasteiger partial charge in [-0.1, -0.05) is 0 Å². The Morgan fingerprint density at radius 1 is 1.62 bits per heavy atom. The van der Waals surface area contributed by atoms with Crippen molar-refractivity contribution in [2.24, 2.45) is 0 Å². The first-order valence-corrected chi connectivity index (χ1v) is 4.32. The molecule has 5 nitrogen and oxygen atoms in total. The molecule has 0 saturated heterocycles. The number of H-pyrrole nitrogens is 1. The van der Waals surface area contributed by atoms with E-state index in [-0.39, 0.29) is 11.5 Å². The van der Waals surface area contributed by atoms with Crippen LogP contribution in [0.1, 0.15) is 19.0 Å². The van der Waals surface area contributed by atoms with Gasteiger partial charge in [-0.25, -0.2) is 4.98 Å². The van der Waals surface area contributed by atoms with E-state index in [0.29, 0.717) is 11.7 Å². The van der Waals surface area contributed by atoms with Crippen LogP contribution >= 0.6 is 0 Å². The van der Waals surface area contributed by atoms with Gasteiger partial charge in [0, 0.05) is 6.04 Å². The fourth-order valence-electron chi connectivity index (χ4n) is 1.54. The van der Waals surface area contributed by atoms with Crippen molar-refractivity contribution in [2.45, 2.75) is 25.8 Å². The van der Waals surface area contributed by atoms with E-state index in [1.807, 2.05) is 6.92 Å². The zero-order chi connectivity index (χ0) is 9.42. The number of nitrogens with one attached hydrogen (secondary N) is 2. The maximum absolute atomic E-state index is 11.4. The number of hydrogen-bond donors (Lipinski definition) is 3. The van der Waals surface area contributed by atoms with Gasteiger partial charge in [0.05, 0.1) is 5.69 Å².